The predicted molar refractivity (Wildman–Crippen MR) is 75.7 cm³/mol. The number of amides is 1. The molecule has 0 fully saturated rings. The minimum absolute atomic E-state index is 0.0938. The molecule has 0 aliphatic carbocycles. The monoisotopic (exact) mass is 322 g/mol. The van der Waals surface area contributed by atoms with Crippen molar-refractivity contribution in [3.63, 3.8) is 0 Å². The molecule has 3 N–H and O–H groups in total. The van der Waals surface area contributed by atoms with Crippen molar-refractivity contribution in [1.82, 2.24) is 9.55 Å². The van der Waals surface area contributed by atoms with E-state index in [2.05, 4.69) is 26.2 Å². The highest BCUT2D eigenvalue weighted by Crippen LogP contribution is 2.24. The predicted octanol–water partition coefficient (Wildman–Crippen LogP) is 1.23. The van der Waals surface area contributed by atoms with Crippen LogP contribution in [0, 0.1) is 0 Å². The van der Waals surface area contributed by atoms with E-state index >= 15 is 0 Å². The van der Waals surface area contributed by atoms with Crippen LogP contribution in [-0.2, 0) is 11.3 Å². The van der Waals surface area contributed by atoms with Gasteiger partial charge in [0.25, 0.3) is 0 Å². The molecule has 1 heterocycles. The molecule has 0 bridgehead atoms. The summed E-state index contributed by atoms with van der Waals surface area (Å²) in [6.07, 6.45) is 2.89. The molecule has 0 spiro atoms. The molecule has 0 saturated carbocycles. The molecule has 0 radical (unpaired) electrons. The number of benzene rings is 1. The highest BCUT2D eigenvalue weighted by atomic mass is 79.9. The van der Waals surface area contributed by atoms with Crippen LogP contribution >= 0.6 is 15.9 Å². The largest absolute Gasteiger partial charge is 0.399 e. The molecule has 98 valence electrons. The van der Waals surface area contributed by atoms with Gasteiger partial charge in [-0.05, 0) is 40.2 Å². The molecule has 19 heavy (non-hydrogen) atoms. The van der Waals surface area contributed by atoms with Crippen molar-refractivity contribution in [3.05, 3.63) is 51.6 Å². The fraction of sp³-hybridized carbons (Fsp3) is 0.0833. The normalized spacial score (nSPS) is 10.2. The first-order chi connectivity index (χ1) is 9.06. The van der Waals surface area contributed by atoms with Gasteiger partial charge >= 0.3 is 5.69 Å². The second kappa shape index (κ2) is 5.66. The van der Waals surface area contributed by atoms with Gasteiger partial charge in [-0.25, -0.2) is 9.78 Å². The molecule has 1 aromatic carbocycles. The Hall–Kier alpha value is -2.15. The first-order valence-corrected chi connectivity index (χ1v) is 6.22. The van der Waals surface area contributed by atoms with Crippen molar-refractivity contribution in [2.24, 2.45) is 0 Å². The topological polar surface area (TPSA) is 90.0 Å². The molecule has 0 aliphatic heterocycles. The number of hydrogen-bond acceptors (Lipinski definition) is 4. The maximum atomic E-state index is 11.8. The van der Waals surface area contributed by atoms with E-state index in [9.17, 15) is 9.59 Å². The van der Waals surface area contributed by atoms with Crippen molar-refractivity contribution in [2.75, 3.05) is 11.1 Å². The quantitative estimate of drug-likeness (QED) is 0.831. The highest BCUT2D eigenvalue weighted by molar-refractivity contribution is 9.10. The summed E-state index contributed by atoms with van der Waals surface area (Å²) in [5, 5.41) is 2.68. The number of nitrogen functional groups attached to an aromatic ring is 1. The van der Waals surface area contributed by atoms with Crippen LogP contribution in [0.25, 0.3) is 0 Å². The summed E-state index contributed by atoms with van der Waals surface area (Å²) < 4.78 is 1.90. The average molecular weight is 323 g/mol. The van der Waals surface area contributed by atoms with Gasteiger partial charge in [0, 0.05) is 22.6 Å². The first-order valence-electron chi connectivity index (χ1n) is 5.42. The molecule has 7 heteroatoms. The van der Waals surface area contributed by atoms with Gasteiger partial charge in [0.2, 0.25) is 5.91 Å². The second-order valence-electron chi connectivity index (χ2n) is 3.82. The van der Waals surface area contributed by atoms with Crippen LogP contribution in [0.5, 0.6) is 0 Å². The summed E-state index contributed by atoms with van der Waals surface area (Å²) in [6.45, 7) is -0.0938. The van der Waals surface area contributed by atoms with Crippen LogP contribution < -0.4 is 16.7 Å². The Morgan fingerprint density at radius 1 is 1.47 bits per heavy atom. The Labute approximate surface area is 117 Å². The van der Waals surface area contributed by atoms with E-state index in [-0.39, 0.29) is 12.5 Å². The van der Waals surface area contributed by atoms with Crippen LogP contribution in [0.15, 0.2) is 45.9 Å². The molecule has 0 aliphatic rings. The molecule has 1 aromatic heterocycles. The zero-order chi connectivity index (χ0) is 13.8. The second-order valence-corrected chi connectivity index (χ2v) is 4.67. The minimum Gasteiger partial charge on any atom is -0.399 e. The van der Waals surface area contributed by atoms with E-state index in [0.29, 0.717) is 15.8 Å². The molecule has 2 rings (SSSR count). The average Bonchev–Trinajstić information content (AvgIpc) is 2.36. The van der Waals surface area contributed by atoms with Crippen molar-refractivity contribution in [2.45, 2.75) is 6.54 Å². The van der Waals surface area contributed by atoms with Crippen molar-refractivity contribution in [3.8, 4) is 0 Å². The fourth-order valence-corrected chi connectivity index (χ4v) is 1.98. The van der Waals surface area contributed by atoms with E-state index in [1.165, 1.54) is 17.0 Å². The van der Waals surface area contributed by atoms with E-state index in [0.717, 1.165) is 0 Å². The SMILES string of the molecule is Nc1ccc(NC(=O)Cn2cccnc2=O)c(Br)c1. The third-order valence-corrected chi connectivity index (χ3v) is 3.02. The summed E-state index contributed by atoms with van der Waals surface area (Å²) in [7, 11) is 0. The smallest absolute Gasteiger partial charge is 0.347 e. The Morgan fingerprint density at radius 3 is 2.95 bits per heavy atom. The van der Waals surface area contributed by atoms with Crippen molar-refractivity contribution >= 4 is 33.2 Å². The van der Waals surface area contributed by atoms with Gasteiger partial charge in [0.05, 0.1) is 5.69 Å². The zero-order valence-electron chi connectivity index (χ0n) is 9.84. The summed E-state index contributed by atoms with van der Waals surface area (Å²) >= 11 is 3.30. The number of nitrogens with zero attached hydrogens (tertiary/aromatic N) is 2. The number of nitrogens with two attached hydrogens (primary N) is 1. The van der Waals surface area contributed by atoms with Gasteiger partial charge in [-0.2, -0.15) is 0 Å². The lowest BCUT2D eigenvalue weighted by molar-refractivity contribution is -0.116. The molecule has 0 saturated heterocycles. The molecule has 0 unspecified atom stereocenters. The van der Waals surface area contributed by atoms with Crippen molar-refractivity contribution < 1.29 is 4.79 Å². The lowest BCUT2D eigenvalue weighted by Crippen LogP contribution is -2.28. The number of anilines is 2. The lowest BCUT2D eigenvalue weighted by Gasteiger charge is -2.08. The standard InChI is InChI=1S/C12H11BrN4O2/c13-9-6-8(14)2-3-10(9)16-11(18)7-17-5-1-4-15-12(17)19/h1-6H,7,14H2,(H,16,18). The summed E-state index contributed by atoms with van der Waals surface area (Å²) in [6, 6.07) is 6.64. The van der Waals surface area contributed by atoms with Crippen LogP contribution in [0.3, 0.4) is 0 Å². The number of aromatic nitrogens is 2. The third kappa shape index (κ3) is 3.41. The Morgan fingerprint density at radius 2 is 2.26 bits per heavy atom. The first kappa shape index (κ1) is 13.3. The minimum atomic E-state index is -0.464. The zero-order valence-corrected chi connectivity index (χ0v) is 11.4. The maximum Gasteiger partial charge on any atom is 0.347 e. The van der Waals surface area contributed by atoms with Gasteiger partial charge in [-0.1, -0.05) is 0 Å². The molecular weight excluding hydrogens is 312 g/mol. The Bertz CT molecular complexity index is 669. The molecular formula is C12H11BrN4O2. The number of hydrogen-bond donors (Lipinski definition) is 2. The van der Waals surface area contributed by atoms with Crippen LogP contribution in [0.2, 0.25) is 0 Å². The number of nitrogens with one attached hydrogen (secondary N) is 1. The van der Waals surface area contributed by atoms with Gasteiger partial charge in [0.15, 0.2) is 0 Å². The molecule has 6 nitrogen and oxygen atoms in total. The lowest BCUT2D eigenvalue weighted by atomic mass is 10.3. The van der Waals surface area contributed by atoms with E-state index in [1.807, 2.05) is 0 Å². The molecule has 2 aromatic rings. The number of halogens is 1. The third-order valence-electron chi connectivity index (χ3n) is 2.36. The van der Waals surface area contributed by atoms with Crippen molar-refractivity contribution in [1.29, 1.82) is 0 Å². The maximum absolute atomic E-state index is 11.8. The number of carbonyl (C=O) groups excluding carboxylic acids is 1. The Balaban J connectivity index is 2.10. The highest BCUT2D eigenvalue weighted by Gasteiger charge is 2.07. The molecule has 0 atom stereocenters. The number of rotatable bonds is 3. The van der Waals surface area contributed by atoms with E-state index in [4.69, 9.17) is 5.73 Å². The Kier molecular flexibility index (Phi) is 3.96. The van der Waals surface area contributed by atoms with Crippen LogP contribution in [0.1, 0.15) is 0 Å². The number of carbonyl (C=O) groups is 1. The van der Waals surface area contributed by atoms with Gasteiger partial charge in [0.1, 0.15) is 6.54 Å². The summed E-state index contributed by atoms with van der Waals surface area (Å²) in [5.74, 6) is -0.319. The van der Waals surface area contributed by atoms with E-state index < -0.39 is 5.69 Å². The fourth-order valence-electron chi connectivity index (χ4n) is 1.48. The van der Waals surface area contributed by atoms with Crippen LogP contribution in [0.4, 0.5) is 11.4 Å². The summed E-state index contributed by atoms with van der Waals surface area (Å²) in [5.41, 5.74) is 6.33. The van der Waals surface area contributed by atoms with Crippen LogP contribution in [-0.4, -0.2) is 15.5 Å². The summed E-state index contributed by atoms with van der Waals surface area (Å²) in [4.78, 5) is 26.8. The van der Waals surface area contributed by atoms with Gasteiger partial charge in [-0.15, -0.1) is 0 Å². The van der Waals surface area contributed by atoms with Gasteiger partial charge < -0.3 is 11.1 Å². The molecule has 1 amide bonds. The van der Waals surface area contributed by atoms with Gasteiger partial charge in [-0.3, -0.25) is 9.36 Å². The van der Waals surface area contributed by atoms with E-state index in [1.54, 1.807) is 24.3 Å².